The van der Waals surface area contributed by atoms with Crippen molar-refractivity contribution < 1.29 is 9.53 Å². The van der Waals surface area contributed by atoms with Crippen LogP contribution in [-0.2, 0) is 16.1 Å². The molecule has 106 valence electrons. The van der Waals surface area contributed by atoms with Gasteiger partial charge in [0, 0.05) is 18.0 Å². The minimum Gasteiger partial charge on any atom is -0.469 e. The molecule has 2 aromatic rings. The molecule has 1 heterocycles. The predicted molar refractivity (Wildman–Crippen MR) is 77.3 cm³/mol. The van der Waals surface area contributed by atoms with Crippen LogP contribution in [0, 0.1) is 0 Å². The molecule has 0 saturated carbocycles. The van der Waals surface area contributed by atoms with E-state index in [0.717, 1.165) is 0 Å². The molecule has 1 aromatic heterocycles. The number of aryl methyl sites for hydroxylation is 1. The molecular formula is C13H12Cl2N2O3. The summed E-state index contributed by atoms with van der Waals surface area (Å²) in [6.45, 7) is 0.376. The van der Waals surface area contributed by atoms with E-state index in [1.807, 2.05) is 0 Å². The molecule has 0 saturated heterocycles. The van der Waals surface area contributed by atoms with E-state index >= 15 is 0 Å². The lowest BCUT2D eigenvalue weighted by Gasteiger charge is -2.07. The first-order valence-corrected chi connectivity index (χ1v) is 6.69. The van der Waals surface area contributed by atoms with Crippen molar-refractivity contribution >= 4 is 40.1 Å². The molecule has 0 amide bonds. The highest BCUT2D eigenvalue weighted by molar-refractivity contribution is 6.38. The van der Waals surface area contributed by atoms with E-state index in [1.165, 1.54) is 24.1 Å². The van der Waals surface area contributed by atoms with Crippen LogP contribution in [0.5, 0.6) is 0 Å². The van der Waals surface area contributed by atoms with E-state index < -0.39 is 0 Å². The molecule has 7 heteroatoms. The molecule has 0 unspecified atom stereocenters. The fourth-order valence-electron chi connectivity index (χ4n) is 1.85. The van der Waals surface area contributed by atoms with E-state index in [4.69, 9.17) is 23.2 Å². The summed E-state index contributed by atoms with van der Waals surface area (Å²) >= 11 is 11.9. The van der Waals surface area contributed by atoms with Gasteiger partial charge in [0.15, 0.2) is 0 Å². The molecule has 20 heavy (non-hydrogen) atoms. The normalized spacial score (nSPS) is 10.8. The predicted octanol–water partition coefficient (Wildman–Crippen LogP) is 2.66. The van der Waals surface area contributed by atoms with Gasteiger partial charge in [-0.3, -0.25) is 14.2 Å². The van der Waals surface area contributed by atoms with Crippen molar-refractivity contribution in [2.24, 2.45) is 0 Å². The second-order valence-electron chi connectivity index (χ2n) is 4.21. The molecule has 0 N–H and O–H groups in total. The third kappa shape index (κ3) is 3.11. The largest absolute Gasteiger partial charge is 0.469 e. The van der Waals surface area contributed by atoms with Gasteiger partial charge in [-0.1, -0.05) is 23.2 Å². The zero-order chi connectivity index (χ0) is 14.7. The summed E-state index contributed by atoms with van der Waals surface area (Å²) in [4.78, 5) is 27.5. The van der Waals surface area contributed by atoms with Gasteiger partial charge in [0.2, 0.25) is 0 Å². The number of halogens is 2. The Morgan fingerprint density at radius 2 is 2.15 bits per heavy atom. The van der Waals surface area contributed by atoms with E-state index in [1.54, 1.807) is 6.07 Å². The summed E-state index contributed by atoms with van der Waals surface area (Å²) in [5.74, 6) is -0.308. The number of carbonyl (C=O) groups is 1. The van der Waals surface area contributed by atoms with Crippen molar-refractivity contribution in [3.05, 3.63) is 38.9 Å². The lowest BCUT2D eigenvalue weighted by atomic mass is 10.2. The Morgan fingerprint density at radius 3 is 2.85 bits per heavy atom. The van der Waals surface area contributed by atoms with Crippen LogP contribution in [0.1, 0.15) is 12.8 Å². The Hall–Kier alpha value is -1.59. The Labute approximate surface area is 125 Å². The van der Waals surface area contributed by atoms with Gasteiger partial charge in [0.05, 0.1) is 29.4 Å². The van der Waals surface area contributed by atoms with Gasteiger partial charge < -0.3 is 4.74 Å². The maximum absolute atomic E-state index is 12.3. The highest BCUT2D eigenvalue weighted by Gasteiger charge is 2.09. The van der Waals surface area contributed by atoms with E-state index in [-0.39, 0.29) is 17.9 Å². The summed E-state index contributed by atoms with van der Waals surface area (Å²) < 4.78 is 5.97. The number of fused-ring (bicyclic) bond motifs is 1. The second-order valence-corrected chi connectivity index (χ2v) is 5.05. The Morgan fingerprint density at radius 1 is 1.40 bits per heavy atom. The fraction of sp³-hybridized carbons (Fsp3) is 0.308. The van der Waals surface area contributed by atoms with Crippen molar-refractivity contribution in [3.8, 4) is 0 Å². The molecule has 0 aliphatic carbocycles. The first-order valence-electron chi connectivity index (χ1n) is 5.94. The van der Waals surface area contributed by atoms with Gasteiger partial charge in [0.1, 0.15) is 0 Å². The quantitative estimate of drug-likeness (QED) is 0.814. The van der Waals surface area contributed by atoms with Gasteiger partial charge >= 0.3 is 5.97 Å². The van der Waals surface area contributed by atoms with Gasteiger partial charge in [-0.25, -0.2) is 4.98 Å². The van der Waals surface area contributed by atoms with E-state index in [0.29, 0.717) is 33.9 Å². The van der Waals surface area contributed by atoms with Crippen LogP contribution in [0.4, 0.5) is 0 Å². The Kier molecular flexibility index (Phi) is 4.62. The standard InChI is InChI=1S/C13H12Cl2N2O3/c1-20-11(18)3-2-4-17-7-16-12-9(13(17)19)5-8(14)6-10(12)15/h5-7H,2-4H2,1H3. The number of esters is 1. The zero-order valence-corrected chi connectivity index (χ0v) is 12.2. The highest BCUT2D eigenvalue weighted by atomic mass is 35.5. The Balaban J connectivity index is 2.30. The number of methoxy groups -OCH3 is 1. The molecule has 5 nitrogen and oxygen atoms in total. The third-order valence-electron chi connectivity index (χ3n) is 2.85. The fourth-order valence-corrected chi connectivity index (χ4v) is 2.39. The monoisotopic (exact) mass is 314 g/mol. The first kappa shape index (κ1) is 14.8. The van der Waals surface area contributed by atoms with Crippen molar-refractivity contribution in [1.29, 1.82) is 0 Å². The van der Waals surface area contributed by atoms with Crippen LogP contribution in [0.25, 0.3) is 10.9 Å². The molecule has 0 atom stereocenters. The summed E-state index contributed by atoms with van der Waals surface area (Å²) in [5, 5.41) is 1.09. The van der Waals surface area contributed by atoms with Crippen LogP contribution < -0.4 is 5.56 Å². The topological polar surface area (TPSA) is 61.2 Å². The van der Waals surface area contributed by atoms with Gasteiger partial charge in [-0.15, -0.1) is 0 Å². The lowest BCUT2D eigenvalue weighted by Crippen LogP contribution is -2.21. The summed E-state index contributed by atoms with van der Waals surface area (Å²) in [6.07, 6.45) is 2.16. The van der Waals surface area contributed by atoms with E-state index in [2.05, 4.69) is 9.72 Å². The molecule has 0 aliphatic rings. The average Bonchev–Trinajstić information content (AvgIpc) is 2.41. The zero-order valence-electron chi connectivity index (χ0n) is 10.7. The first-order chi connectivity index (χ1) is 9.52. The maximum atomic E-state index is 12.3. The van der Waals surface area contributed by atoms with Gasteiger partial charge in [-0.2, -0.15) is 0 Å². The second kappa shape index (κ2) is 6.24. The summed E-state index contributed by atoms with van der Waals surface area (Å²) in [6, 6.07) is 3.08. The summed E-state index contributed by atoms with van der Waals surface area (Å²) in [5.41, 5.74) is 0.189. The minimum atomic E-state index is -0.308. The molecule has 0 aliphatic heterocycles. The van der Waals surface area contributed by atoms with Crippen molar-refractivity contribution in [1.82, 2.24) is 9.55 Å². The summed E-state index contributed by atoms with van der Waals surface area (Å²) in [7, 11) is 1.33. The molecular weight excluding hydrogens is 303 g/mol. The average molecular weight is 315 g/mol. The number of hydrogen-bond acceptors (Lipinski definition) is 4. The van der Waals surface area contributed by atoms with E-state index in [9.17, 15) is 9.59 Å². The minimum absolute atomic E-state index is 0.232. The molecule has 0 radical (unpaired) electrons. The molecule has 1 aromatic carbocycles. The molecule has 0 spiro atoms. The molecule has 2 rings (SSSR count). The number of carbonyl (C=O) groups excluding carboxylic acids is 1. The van der Waals surface area contributed by atoms with Gasteiger partial charge in [-0.05, 0) is 18.6 Å². The van der Waals surface area contributed by atoms with Crippen molar-refractivity contribution in [2.75, 3.05) is 7.11 Å². The third-order valence-corrected chi connectivity index (χ3v) is 3.36. The van der Waals surface area contributed by atoms with Crippen molar-refractivity contribution in [3.63, 3.8) is 0 Å². The number of ether oxygens (including phenoxy) is 1. The van der Waals surface area contributed by atoms with Crippen molar-refractivity contribution in [2.45, 2.75) is 19.4 Å². The van der Waals surface area contributed by atoms with Crippen LogP contribution in [0.15, 0.2) is 23.3 Å². The number of aromatic nitrogens is 2. The smallest absolute Gasteiger partial charge is 0.305 e. The molecule has 0 bridgehead atoms. The van der Waals surface area contributed by atoms with Crippen LogP contribution in [0.2, 0.25) is 10.0 Å². The number of benzene rings is 1. The van der Waals surface area contributed by atoms with Crippen LogP contribution in [0.3, 0.4) is 0 Å². The number of rotatable bonds is 4. The Bertz CT molecular complexity index is 713. The lowest BCUT2D eigenvalue weighted by molar-refractivity contribution is -0.140. The van der Waals surface area contributed by atoms with Gasteiger partial charge in [0.25, 0.3) is 5.56 Å². The number of hydrogen-bond donors (Lipinski definition) is 0. The SMILES string of the molecule is COC(=O)CCCn1cnc2c(Cl)cc(Cl)cc2c1=O. The maximum Gasteiger partial charge on any atom is 0.305 e. The van der Waals surface area contributed by atoms with Crippen LogP contribution >= 0.6 is 23.2 Å². The highest BCUT2D eigenvalue weighted by Crippen LogP contribution is 2.23. The number of nitrogens with zero attached hydrogens (tertiary/aromatic N) is 2. The molecule has 0 fully saturated rings. The van der Waals surface area contributed by atoms with Crippen LogP contribution in [-0.4, -0.2) is 22.6 Å².